The Morgan fingerprint density at radius 1 is 1.50 bits per heavy atom. The van der Waals surface area contributed by atoms with Crippen molar-refractivity contribution in [3.63, 3.8) is 0 Å². The molecule has 0 fully saturated rings. The van der Waals surface area contributed by atoms with Crippen molar-refractivity contribution in [3.05, 3.63) is 33.1 Å². The molecule has 0 atom stereocenters. The van der Waals surface area contributed by atoms with E-state index in [9.17, 15) is 14.9 Å². The number of nitrogens with zero attached hydrogens (tertiary/aromatic N) is 3. The van der Waals surface area contributed by atoms with Gasteiger partial charge < -0.3 is 10.0 Å². The number of aliphatic carboxylic acids is 1. The van der Waals surface area contributed by atoms with Gasteiger partial charge in [0.15, 0.2) is 0 Å². The first kappa shape index (κ1) is 16.0. The van der Waals surface area contributed by atoms with Crippen LogP contribution in [0.5, 0.6) is 0 Å². The number of rotatable bonds is 7. The van der Waals surface area contributed by atoms with Crippen molar-refractivity contribution in [2.24, 2.45) is 0 Å². The SMILES string of the molecule is Cc1cnc(CN(C)CCCC(=O)O)c(C)c1[N+](=O)[O-]. The highest BCUT2D eigenvalue weighted by molar-refractivity contribution is 5.66. The minimum Gasteiger partial charge on any atom is -0.481 e. The number of carbonyl (C=O) groups is 1. The Balaban J connectivity index is 2.75. The molecule has 0 radical (unpaired) electrons. The summed E-state index contributed by atoms with van der Waals surface area (Å²) < 4.78 is 0. The summed E-state index contributed by atoms with van der Waals surface area (Å²) in [5.41, 5.74) is 1.87. The summed E-state index contributed by atoms with van der Waals surface area (Å²) in [5.74, 6) is -0.821. The third-order valence-corrected chi connectivity index (χ3v) is 3.11. The van der Waals surface area contributed by atoms with Gasteiger partial charge in [-0.1, -0.05) is 0 Å². The molecule has 1 heterocycles. The number of aromatic nitrogens is 1. The molecule has 0 aliphatic carbocycles. The lowest BCUT2D eigenvalue weighted by Gasteiger charge is -2.17. The van der Waals surface area contributed by atoms with Gasteiger partial charge in [0.1, 0.15) is 0 Å². The number of nitro groups is 1. The van der Waals surface area contributed by atoms with Crippen molar-refractivity contribution < 1.29 is 14.8 Å². The fraction of sp³-hybridized carbons (Fsp3) is 0.538. The zero-order valence-corrected chi connectivity index (χ0v) is 11.9. The van der Waals surface area contributed by atoms with E-state index in [2.05, 4.69) is 4.98 Å². The van der Waals surface area contributed by atoms with Crippen molar-refractivity contribution in [3.8, 4) is 0 Å². The molecule has 7 heteroatoms. The molecule has 0 aliphatic rings. The Labute approximate surface area is 117 Å². The van der Waals surface area contributed by atoms with Crippen LogP contribution < -0.4 is 0 Å². The molecule has 0 aliphatic heterocycles. The van der Waals surface area contributed by atoms with Crippen molar-refractivity contribution in [1.82, 2.24) is 9.88 Å². The number of pyridine rings is 1. The highest BCUT2D eigenvalue weighted by atomic mass is 16.6. The van der Waals surface area contributed by atoms with Crippen LogP contribution in [0.2, 0.25) is 0 Å². The number of hydrogen-bond donors (Lipinski definition) is 1. The van der Waals surface area contributed by atoms with E-state index in [0.717, 1.165) is 0 Å². The number of carboxylic acids is 1. The van der Waals surface area contributed by atoms with E-state index in [0.29, 0.717) is 36.3 Å². The van der Waals surface area contributed by atoms with Crippen molar-refractivity contribution >= 4 is 11.7 Å². The largest absolute Gasteiger partial charge is 0.481 e. The topological polar surface area (TPSA) is 96.6 Å². The lowest BCUT2D eigenvalue weighted by Crippen LogP contribution is -2.21. The van der Waals surface area contributed by atoms with Crippen LogP contribution in [0.1, 0.15) is 29.7 Å². The van der Waals surface area contributed by atoms with Gasteiger partial charge in [-0.15, -0.1) is 0 Å². The minimum absolute atomic E-state index is 0.105. The standard InChI is InChI=1S/C13H19N3O4/c1-9-7-14-11(10(2)13(9)16(19)20)8-15(3)6-4-5-12(17)18/h7H,4-6,8H2,1-3H3,(H,17,18). The molecule has 0 unspecified atom stereocenters. The normalized spacial score (nSPS) is 10.8. The second kappa shape index (κ2) is 6.95. The first-order valence-corrected chi connectivity index (χ1v) is 6.32. The van der Waals surface area contributed by atoms with E-state index in [1.807, 2.05) is 11.9 Å². The van der Waals surface area contributed by atoms with Crippen LogP contribution in [-0.2, 0) is 11.3 Å². The zero-order valence-electron chi connectivity index (χ0n) is 11.9. The first-order chi connectivity index (χ1) is 9.32. The fourth-order valence-electron chi connectivity index (χ4n) is 2.04. The Kier molecular flexibility index (Phi) is 5.57. The summed E-state index contributed by atoms with van der Waals surface area (Å²) >= 11 is 0. The molecule has 110 valence electrons. The average molecular weight is 281 g/mol. The monoisotopic (exact) mass is 281 g/mol. The third-order valence-electron chi connectivity index (χ3n) is 3.11. The van der Waals surface area contributed by atoms with Crippen LogP contribution in [0, 0.1) is 24.0 Å². The summed E-state index contributed by atoms with van der Waals surface area (Å²) in [7, 11) is 1.84. The smallest absolute Gasteiger partial charge is 0.303 e. The predicted molar refractivity (Wildman–Crippen MR) is 73.6 cm³/mol. The number of hydrogen-bond acceptors (Lipinski definition) is 5. The molecule has 0 saturated carbocycles. The summed E-state index contributed by atoms with van der Waals surface area (Å²) in [6.07, 6.45) is 2.16. The molecule has 0 spiro atoms. The molecule has 0 amide bonds. The van der Waals surface area contributed by atoms with Crippen molar-refractivity contribution in [1.29, 1.82) is 0 Å². The van der Waals surface area contributed by atoms with E-state index in [-0.39, 0.29) is 17.0 Å². The van der Waals surface area contributed by atoms with Crippen molar-refractivity contribution in [2.75, 3.05) is 13.6 Å². The number of aryl methyl sites for hydroxylation is 1. The molecule has 1 aromatic rings. The molecular weight excluding hydrogens is 262 g/mol. The van der Waals surface area contributed by atoms with Gasteiger partial charge in [-0.05, 0) is 33.9 Å². The summed E-state index contributed by atoms with van der Waals surface area (Å²) in [6.45, 7) is 4.43. The Hall–Kier alpha value is -2.02. The van der Waals surface area contributed by atoms with Crippen LogP contribution in [0.15, 0.2) is 6.20 Å². The van der Waals surface area contributed by atoms with Crippen LogP contribution in [0.4, 0.5) is 5.69 Å². The average Bonchev–Trinajstić information content (AvgIpc) is 2.32. The van der Waals surface area contributed by atoms with Gasteiger partial charge in [-0.2, -0.15) is 0 Å². The maximum atomic E-state index is 11.0. The second-order valence-corrected chi connectivity index (χ2v) is 4.85. The van der Waals surface area contributed by atoms with E-state index in [1.54, 1.807) is 13.8 Å². The summed E-state index contributed by atoms with van der Waals surface area (Å²) in [4.78, 5) is 27.2. The first-order valence-electron chi connectivity index (χ1n) is 6.32. The van der Waals surface area contributed by atoms with E-state index < -0.39 is 5.97 Å². The zero-order chi connectivity index (χ0) is 15.3. The van der Waals surface area contributed by atoms with Gasteiger partial charge in [0, 0.05) is 30.3 Å². The van der Waals surface area contributed by atoms with Crippen LogP contribution >= 0.6 is 0 Å². The molecule has 0 aromatic carbocycles. The fourth-order valence-corrected chi connectivity index (χ4v) is 2.04. The minimum atomic E-state index is -0.821. The maximum absolute atomic E-state index is 11.0. The van der Waals surface area contributed by atoms with E-state index in [4.69, 9.17) is 5.11 Å². The highest BCUT2D eigenvalue weighted by Crippen LogP contribution is 2.24. The molecule has 0 bridgehead atoms. The second-order valence-electron chi connectivity index (χ2n) is 4.85. The lowest BCUT2D eigenvalue weighted by molar-refractivity contribution is -0.386. The third kappa shape index (κ3) is 4.27. The Morgan fingerprint density at radius 3 is 2.70 bits per heavy atom. The molecular formula is C13H19N3O4. The van der Waals surface area contributed by atoms with Gasteiger partial charge >= 0.3 is 5.97 Å². The van der Waals surface area contributed by atoms with Gasteiger partial charge in [-0.25, -0.2) is 0 Å². The van der Waals surface area contributed by atoms with Crippen molar-refractivity contribution in [2.45, 2.75) is 33.2 Å². The Morgan fingerprint density at radius 2 is 2.15 bits per heavy atom. The maximum Gasteiger partial charge on any atom is 0.303 e. The molecule has 1 aromatic heterocycles. The lowest BCUT2D eigenvalue weighted by atomic mass is 10.1. The van der Waals surface area contributed by atoms with E-state index >= 15 is 0 Å². The summed E-state index contributed by atoms with van der Waals surface area (Å²) in [6, 6.07) is 0. The molecule has 1 rings (SSSR count). The van der Waals surface area contributed by atoms with Crippen LogP contribution in [-0.4, -0.2) is 39.5 Å². The van der Waals surface area contributed by atoms with Gasteiger partial charge in [-0.3, -0.25) is 19.9 Å². The molecule has 20 heavy (non-hydrogen) atoms. The summed E-state index contributed by atoms with van der Waals surface area (Å²) in [5, 5.41) is 19.6. The molecule has 1 N–H and O–H groups in total. The Bertz CT molecular complexity index is 517. The molecule has 7 nitrogen and oxygen atoms in total. The van der Waals surface area contributed by atoms with Gasteiger partial charge in [0.2, 0.25) is 0 Å². The van der Waals surface area contributed by atoms with E-state index in [1.165, 1.54) is 6.20 Å². The quantitative estimate of drug-likeness (QED) is 0.605. The van der Waals surface area contributed by atoms with Crippen LogP contribution in [0.25, 0.3) is 0 Å². The van der Waals surface area contributed by atoms with Gasteiger partial charge in [0.25, 0.3) is 5.69 Å². The highest BCUT2D eigenvalue weighted by Gasteiger charge is 2.19. The van der Waals surface area contributed by atoms with Gasteiger partial charge in [0.05, 0.1) is 10.6 Å². The number of carboxylic acid groups (broad SMARTS) is 1. The molecule has 0 saturated heterocycles. The van der Waals surface area contributed by atoms with Crippen LogP contribution in [0.3, 0.4) is 0 Å². The predicted octanol–water partition coefficient (Wildman–Crippen LogP) is 1.90.